The van der Waals surface area contributed by atoms with E-state index >= 15 is 0 Å². The van der Waals surface area contributed by atoms with Crippen LogP contribution in [0.2, 0.25) is 0 Å². The molecule has 20 heavy (non-hydrogen) atoms. The first-order chi connectivity index (χ1) is 9.46. The molecule has 0 aliphatic rings. The first-order valence-electron chi connectivity index (χ1n) is 5.63. The number of anilines is 2. The van der Waals surface area contributed by atoms with Crippen molar-refractivity contribution in [2.45, 2.75) is 5.03 Å². The molecule has 1 aromatic carbocycles. The predicted molar refractivity (Wildman–Crippen MR) is 74.0 cm³/mol. The standard InChI is InChI=1S/C12H13FN4O2S/c1-17(10-5-2-4-9(13)8-10)20(18,19)12-11(16-14)6-3-7-15-12/h2-8,16H,14H2,1H3. The van der Waals surface area contributed by atoms with Gasteiger partial charge in [-0.05, 0) is 30.3 Å². The van der Waals surface area contributed by atoms with E-state index in [0.717, 1.165) is 10.4 Å². The summed E-state index contributed by atoms with van der Waals surface area (Å²) in [5, 5.41) is -0.228. The Morgan fingerprint density at radius 3 is 2.70 bits per heavy atom. The van der Waals surface area contributed by atoms with Gasteiger partial charge in [0.2, 0.25) is 5.03 Å². The van der Waals surface area contributed by atoms with Crippen LogP contribution in [-0.4, -0.2) is 20.4 Å². The quantitative estimate of drug-likeness (QED) is 0.656. The number of rotatable bonds is 4. The average Bonchev–Trinajstić information content (AvgIpc) is 2.46. The van der Waals surface area contributed by atoms with E-state index < -0.39 is 15.8 Å². The van der Waals surface area contributed by atoms with Crippen molar-refractivity contribution in [3.63, 3.8) is 0 Å². The van der Waals surface area contributed by atoms with Crippen molar-refractivity contribution in [2.75, 3.05) is 16.8 Å². The van der Waals surface area contributed by atoms with Gasteiger partial charge in [0, 0.05) is 13.2 Å². The third-order valence-electron chi connectivity index (χ3n) is 2.70. The molecule has 8 heteroatoms. The Morgan fingerprint density at radius 2 is 2.05 bits per heavy atom. The number of hydrogen-bond donors (Lipinski definition) is 2. The zero-order chi connectivity index (χ0) is 14.8. The minimum absolute atomic E-state index is 0.163. The number of hydrogen-bond acceptors (Lipinski definition) is 5. The van der Waals surface area contributed by atoms with Crippen LogP contribution in [0.25, 0.3) is 0 Å². The summed E-state index contributed by atoms with van der Waals surface area (Å²) in [6.45, 7) is 0. The van der Waals surface area contributed by atoms with Crippen molar-refractivity contribution in [3.05, 3.63) is 48.4 Å². The summed E-state index contributed by atoms with van der Waals surface area (Å²) in [4.78, 5) is 3.82. The van der Waals surface area contributed by atoms with Gasteiger partial charge in [-0.2, -0.15) is 8.42 Å². The fraction of sp³-hybridized carbons (Fsp3) is 0.0833. The van der Waals surface area contributed by atoms with Crippen molar-refractivity contribution in [1.82, 2.24) is 4.98 Å². The van der Waals surface area contributed by atoms with E-state index in [2.05, 4.69) is 10.4 Å². The molecule has 1 heterocycles. The molecule has 6 nitrogen and oxygen atoms in total. The Kier molecular flexibility index (Phi) is 3.86. The van der Waals surface area contributed by atoms with Crippen LogP contribution in [0.15, 0.2) is 47.6 Å². The third kappa shape index (κ3) is 2.56. The summed E-state index contributed by atoms with van der Waals surface area (Å²) in [6.07, 6.45) is 1.34. The van der Waals surface area contributed by atoms with Gasteiger partial charge in [-0.1, -0.05) is 6.07 Å². The van der Waals surface area contributed by atoms with Gasteiger partial charge in [0.25, 0.3) is 10.0 Å². The first-order valence-corrected chi connectivity index (χ1v) is 7.07. The molecule has 0 unspecified atom stereocenters. The molecule has 2 rings (SSSR count). The lowest BCUT2D eigenvalue weighted by Crippen LogP contribution is -2.28. The van der Waals surface area contributed by atoms with Crippen molar-refractivity contribution in [1.29, 1.82) is 0 Å². The third-order valence-corrected chi connectivity index (χ3v) is 4.45. The van der Waals surface area contributed by atoms with Crippen LogP contribution in [0.3, 0.4) is 0 Å². The number of nitrogens with one attached hydrogen (secondary N) is 1. The van der Waals surface area contributed by atoms with Crippen LogP contribution in [0.5, 0.6) is 0 Å². The van der Waals surface area contributed by atoms with E-state index in [-0.39, 0.29) is 16.4 Å². The van der Waals surface area contributed by atoms with Gasteiger partial charge in [-0.3, -0.25) is 10.1 Å². The highest BCUT2D eigenvalue weighted by Crippen LogP contribution is 2.25. The van der Waals surface area contributed by atoms with Crippen LogP contribution >= 0.6 is 0 Å². The molecule has 0 bridgehead atoms. The fourth-order valence-electron chi connectivity index (χ4n) is 1.65. The molecule has 0 radical (unpaired) electrons. The Hall–Kier alpha value is -2.19. The van der Waals surface area contributed by atoms with Gasteiger partial charge < -0.3 is 5.43 Å². The lowest BCUT2D eigenvalue weighted by atomic mass is 10.3. The van der Waals surface area contributed by atoms with Crippen LogP contribution in [0.4, 0.5) is 15.8 Å². The second-order valence-electron chi connectivity index (χ2n) is 3.95. The number of nitrogen functional groups attached to an aromatic ring is 1. The second kappa shape index (κ2) is 5.43. The van der Waals surface area contributed by atoms with Gasteiger partial charge >= 0.3 is 0 Å². The minimum atomic E-state index is -3.94. The Morgan fingerprint density at radius 1 is 1.30 bits per heavy atom. The molecule has 0 aliphatic heterocycles. The van der Waals surface area contributed by atoms with E-state index in [9.17, 15) is 12.8 Å². The van der Waals surface area contributed by atoms with Gasteiger partial charge in [-0.25, -0.2) is 9.37 Å². The van der Waals surface area contributed by atoms with Crippen molar-refractivity contribution in [3.8, 4) is 0 Å². The van der Waals surface area contributed by atoms with Crippen LogP contribution in [0, 0.1) is 5.82 Å². The zero-order valence-electron chi connectivity index (χ0n) is 10.6. The van der Waals surface area contributed by atoms with Crippen LogP contribution in [0.1, 0.15) is 0 Å². The Bertz CT molecular complexity index is 721. The molecule has 106 valence electrons. The van der Waals surface area contributed by atoms with Gasteiger partial charge in [-0.15, -0.1) is 0 Å². The monoisotopic (exact) mass is 296 g/mol. The normalized spacial score (nSPS) is 11.2. The highest BCUT2D eigenvalue weighted by molar-refractivity contribution is 7.92. The SMILES string of the molecule is CN(c1cccc(F)c1)S(=O)(=O)c1ncccc1NN. The number of nitrogens with two attached hydrogens (primary N) is 1. The maximum absolute atomic E-state index is 13.2. The van der Waals surface area contributed by atoms with Gasteiger partial charge in [0.15, 0.2) is 0 Å². The zero-order valence-corrected chi connectivity index (χ0v) is 11.4. The number of pyridine rings is 1. The summed E-state index contributed by atoms with van der Waals surface area (Å²) in [5.41, 5.74) is 2.63. The fourth-order valence-corrected chi connectivity index (χ4v) is 2.90. The van der Waals surface area contributed by atoms with Crippen molar-refractivity contribution >= 4 is 21.4 Å². The topological polar surface area (TPSA) is 88.3 Å². The molecule has 0 saturated heterocycles. The summed E-state index contributed by atoms with van der Waals surface area (Å²) < 4.78 is 39.1. The van der Waals surface area contributed by atoms with Crippen LogP contribution < -0.4 is 15.6 Å². The molecule has 3 N–H and O–H groups in total. The Labute approximate surface area is 116 Å². The van der Waals surface area contributed by atoms with Gasteiger partial charge in [0.05, 0.1) is 11.4 Å². The second-order valence-corrected chi connectivity index (χ2v) is 5.84. The van der Waals surface area contributed by atoms with E-state index in [1.807, 2.05) is 0 Å². The molecule has 0 spiro atoms. The molecule has 0 atom stereocenters. The van der Waals surface area contributed by atoms with Crippen molar-refractivity contribution < 1.29 is 12.8 Å². The molecule has 2 aromatic rings. The summed E-state index contributed by atoms with van der Waals surface area (Å²) >= 11 is 0. The number of hydrazine groups is 1. The number of aromatic nitrogens is 1. The first kappa shape index (κ1) is 14.2. The van der Waals surface area contributed by atoms with E-state index in [1.165, 1.54) is 37.5 Å². The maximum atomic E-state index is 13.2. The molecular formula is C12H13FN4O2S. The summed E-state index contributed by atoms with van der Waals surface area (Å²) in [7, 11) is -2.62. The molecule has 0 fully saturated rings. The summed E-state index contributed by atoms with van der Waals surface area (Å²) in [5.74, 6) is 4.75. The van der Waals surface area contributed by atoms with Gasteiger partial charge in [0.1, 0.15) is 5.82 Å². The maximum Gasteiger partial charge on any atom is 0.283 e. The number of sulfonamides is 1. The molecule has 0 aliphatic carbocycles. The Balaban J connectivity index is 2.50. The van der Waals surface area contributed by atoms with E-state index in [0.29, 0.717) is 0 Å². The highest BCUT2D eigenvalue weighted by atomic mass is 32.2. The number of benzene rings is 1. The molecular weight excluding hydrogens is 283 g/mol. The predicted octanol–water partition coefficient (Wildman–Crippen LogP) is 1.33. The van der Waals surface area contributed by atoms with Crippen LogP contribution in [-0.2, 0) is 10.0 Å². The van der Waals surface area contributed by atoms with E-state index in [1.54, 1.807) is 6.07 Å². The lowest BCUT2D eigenvalue weighted by Gasteiger charge is -2.20. The molecule has 0 amide bonds. The summed E-state index contributed by atoms with van der Waals surface area (Å²) in [6, 6.07) is 8.31. The number of halogens is 1. The highest BCUT2D eigenvalue weighted by Gasteiger charge is 2.25. The molecule has 0 saturated carbocycles. The number of nitrogens with zero attached hydrogens (tertiary/aromatic N) is 2. The average molecular weight is 296 g/mol. The van der Waals surface area contributed by atoms with E-state index in [4.69, 9.17) is 5.84 Å². The largest absolute Gasteiger partial charge is 0.321 e. The molecule has 1 aromatic heterocycles. The van der Waals surface area contributed by atoms with Crippen molar-refractivity contribution in [2.24, 2.45) is 5.84 Å². The smallest absolute Gasteiger partial charge is 0.283 e. The minimum Gasteiger partial charge on any atom is -0.321 e. The lowest BCUT2D eigenvalue weighted by molar-refractivity contribution is 0.590.